The molecule has 0 radical (unpaired) electrons. The lowest BCUT2D eigenvalue weighted by atomic mass is 9.68. The molecule has 0 amide bonds. The van der Waals surface area contributed by atoms with Crippen molar-refractivity contribution in [2.24, 2.45) is 23.7 Å². The van der Waals surface area contributed by atoms with Gasteiger partial charge in [-0.15, -0.1) is 0 Å². The van der Waals surface area contributed by atoms with Crippen LogP contribution in [0, 0.1) is 23.7 Å². The van der Waals surface area contributed by atoms with E-state index < -0.39 is 0 Å². The third-order valence-corrected chi connectivity index (χ3v) is 6.06. The minimum atomic E-state index is 0.760. The van der Waals surface area contributed by atoms with E-state index in [-0.39, 0.29) is 0 Å². The zero-order valence-corrected chi connectivity index (χ0v) is 14.4. The van der Waals surface area contributed by atoms with Gasteiger partial charge in [-0.05, 0) is 81.6 Å². The van der Waals surface area contributed by atoms with Crippen molar-refractivity contribution in [3.63, 3.8) is 0 Å². The average molecular weight is 287 g/mol. The van der Waals surface area contributed by atoms with Crippen LogP contribution in [0.1, 0.15) is 72.1 Å². The van der Waals surface area contributed by atoms with Gasteiger partial charge < -0.3 is 0 Å². The molecule has 2 rings (SSSR count). The Balaban J connectivity index is 1.87. The number of hydrogen-bond donors (Lipinski definition) is 0. The molecule has 0 aliphatic heterocycles. The minimum Gasteiger partial charge on any atom is -0.0988 e. The van der Waals surface area contributed by atoms with Crippen molar-refractivity contribution >= 4 is 0 Å². The Labute approximate surface area is 132 Å². The second-order valence-corrected chi connectivity index (χ2v) is 7.51. The van der Waals surface area contributed by atoms with Crippen LogP contribution < -0.4 is 0 Å². The van der Waals surface area contributed by atoms with Crippen molar-refractivity contribution in [2.75, 3.05) is 0 Å². The summed E-state index contributed by atoms with van der Waals surface area (Å²) in [6, 6.07) is 0. The Hall–Kier alpha value is -0.780. The molecule has 0 aromatic heterocycles. The molecule has 118 valence electrons. The van der Waals surface area contributed by atoms with Gasteiger partial charge in [-0.25, -0.2) is 0 Å². The van der Waals surface area contributed by atoms with Crippen LogP contribution in [0.2, 0.25) is 0 Å². The van der Waals surface area contributed by atoms with Gasteiger partial charge in [-0.2, -0.15) is 0 Å². The van der Waals surface area contributed by atoms with Crippen LogP contribution >= 0.6 is 0 Å². The molecule has 0 bridgehead atoms. The molecule has 0 heteroatoms. The Morgan fingerprint density at radius 3 is 1.90 bits per heavy atom. The van der Waals surface area contributed by atoms with Gasteiger partial charge in [0, 0.05) is 0 Å². The summed E-state index contributed by atoms with van der Waals surface area (Å²) in [5.74, 6) is 3.80. The third kappa shape index (κ3) is 4.59. The summed E-state index contributed by atoms with van der Waals surface area (Å²) < 4.78 is 0. The van der Waals surface area contributed by atoms with Crippen molar-refractivity contribution < 1.29 is 0 Å². The smallest absolute Gasteiger partial charge is 0.0162 e. The van der Waals surface area contributed by atoms with E-state index in [1.807, 2.05) is 0 Å². The largest absolute Gasteiger partial charge is 0.0988 e. The maximum Gasteiger partial charge on any atom is -0.0162 e. The van der Waals surface area contributed by atoms with E-state index in [1.54, 1.807) is 0 Å². The summed E-state index contributed by atoms with van der Waals surface area (Å²) >= 11 is 0. The summed E-state index contributed by atoms with van der Waals surface area (Å²) in [6.07, 6.45) is 18.2. The van der Waals surface area contributed by atoms with Gasteiger partial charge in [0.2, 0.25) is 0 Å². The summed E-state index contributed by atoms with van der Waals surface area (Å²) in [7, 11) is 0. The lowest BCUT2D eigenvalue weighted by Gasteiger charge is -2.37. The number of hydrogen-bond acceptors (Lipinski definition) is 0. The highest BCUT2D eigenvalue weighted by Crippen LogP contribution is 2.42. The maximum atomic E-state index is 4.05. The van der Waals surface area contributed by atoms with Crippen LogP contribution in [0.3, 0.4) is 0 Å². The molecule has 2 aliphatic rings. The minimum absolute atomic E-state index is 0.760. The van der Waals surface area contributed by atoms with Crippen LogP contribution in [0.4, 0.5) is 0 Å². The zero-order chi connectivity index (χ0) is 15.2. The first kappa shape index (κ1) is 16.6. The molecule has 0 heterocycles. The maximum absolute atomic E-state index is 4.05. The fourth-order valence-corrected chi connectivity index (χ4v) is 4.37. The van der Waals surface area contributed by atoms with Gasteiger partial charge in [-0.1, -0.05) is 50.1 Å². The van der Waals surface area contributed by atoms with Gasteiger partial charge in [0.05, 0.1) is 0 Å². The molecule has 0 aromatic rings. The molecule has 0 unspecified atom stereocenters. The van der Waals surface area contributed by atoms with Crippen LogP contribution in [0.25, 0.3) is 0 Å². The summed E-state index contributed by atoms with van der Waals surface area (Å²) in [6.45, 7) is 10.8. The standard InChI is InChI=1S/C21H34/c1-5-16(3)15-18(6-2)19-11-13-21(14-12-19)20-9-7-17(4)8-10-20/h5-6,15,17,19-21H,2,7-14H2,1,3-4H3/b16-5+,18-15+. The van der Waals surface area contributed by atoms with E-state index >= 15 is 0 Å². The summed E-state index contributed by atoms with van der Waals surface area (Å²) in [4.78, 5) is 0. The molecule has 0 atom stereocenters. The Morgan fingerprint density at radius 2 is 1.43 bits per heavy atom. The molecular weight excluding hydrogens is 252 g/mol. The fraction of sp³-hybridized carbons (Fsp3) is 0.714. The molecule has 0 nitrogen and oxygen atoms in total. The third-order valence-electron chi connectivity index (χ3n) is 6.06. The SMILES string of the molecule is C=C/C(=C\C(C)=C\C)C1CCC(C2CCC(C)CC2)CC1. The van der Waals surface area contributed by atoms with Gasteiger partial charge in [0.15, 0.2) is 0 Å². The van der Waals surface area contributed by atoms with Crippen LogP contribution in [-0.4, -0.2) is 0 Å². The van der Waals surface area contributed by atoms with E-state index in [9.17, 15) is 0 Å². The van der Waals surface area contributed by atoms with Gasteiger partial charge in [-0.3, -0.25) is 0 Å². The van der Waals surface area contributed by atoms with Crippen LogP contribution in [0.5, 0.6) is 0 Å². The first-order valence-corrected chi connectivity index (χ1v) is 9.11. The predicted molar refractivity (Wildman–Crippen MR) is 94.3 cm³/mol. The first-order valence-electron chi connectivity index (χ1n) is 9.11. The summed E-state index contributed by atoms with van der Waals surface area (Å²) in [5, 5.41) is 0. The Morgan fingerprint density at radius 1 is 0.905 bits per heavy atom. The van der Waals surface area contributed by atoms with Crippen molar-refractivity contribution in [1.29, 1.82) is 0 Å². The number of allylic oxidation sites excluding steroid dienone is 5. The molecule has 2 aliphatic carbocycles. The number of rotatable bonds is 4. The predicted octanol–water partition coefficient (Wildman–Crippen LogP) is 6.70. The lowest BCUT2D eigenvalue weighted by Crippen LogP contribution is -2.25. The lowest BCUT2D eigenvalue weighted by molar-refractivity contribution is 0.159. The van der Waals surface area contributed by atoms with Crippen LogP contribution in [0.15, 0.2) is 36.0 Å². The van der Waals surface area contributed by atoms with Crippen molar-refractivity contribution in [1.82, 2.24) is 0 Å². The van der Waals surface area contributed by atoms with Crippen molar-refractivity contribution in [3.05, 3.63) is 36.0 Å². The summed E-state index contributed by atoms with van der Waals surface area (Å²) in [5.41, 5.74) is 2.84. The quantitative estimate of drug-likeness (QED) is 0.504. The van der Waals surface area contributed by atoms with Crippen molar-refractivity contribution in [3.8, 4) is 0 Å². The molecule has 0 aromatic carbocycles. The second kappa shape index (κ2) is 8.01. The van der Waals surface area contributed by atoms with Gasteiger partial charge in [0.25, 0.3) is 0 Å². The van der Waals surface area contributed by atoms with Crippen LogP contribution in [-0.2, 0) is 0 Å². The van der Waals surface area contributed by atoms with E-state index in [2.05, 4.69) is 45.6 Å². The molecule has 2 saturated carbocycles. The van der Waals surface area contributed by atoms with E-state index in [0.717, 1.165) is 23.7 Å². The highest BCUT2D eigenvalue weighted by Gasteiger charge is 2.30. The Bertz CT molecular complexity index is 382. The first-order chi connectivity index (χ1) is 10.1. The average Bonchev–Trinajstić information content (AvgIpc) is 2.53. The molecule has 21 heavy (non-hydrogen) atoms. The zero-order valence-electron chi connectivity index (χ0n) is 14.4. The molecular formula is C21H34. The molecule has 0 saturated heterocycles. The van der Waals surface area contributed by atoms with Crippen molar-refractivity contribution in [2.45, 2.75) is 72.1 Å². The monoisotopic (exact) mass is 286 g/mol. The second-order valence-electron chi connectivity index (χ2n) is 7.51. The molecule has 0 N–H and O–H groups in total. The van der Waals surface area contributed by atoms with E-state index in [0.29, 0.717) is 0 Å². The highest BCUT2D eigenvalue weighted by atomic mass is 14.4. The topological polar surface area (TPSA) is 0 Å². The van der Waals surface area contributed by atoms with E-state index in [4.69, 9.17) is 0 Å². The van der Waals surface area contributed by atoms with Gasteiger partial charge >= 0.3 is 0 Å². The fourth-order valence-electron chi connectivity index (χ4n) is 4.37. The Kier molecular flexibility index (Phi) is 6.33. The molecule has 0 spiro atoms. The normalized spacial score (nSPS) is 35.6. The molecule has 2 fully saturated rings. The van der Waals surface area contributed by atoms with E-state index in [1.165, 1.54) is 62.5 Å². The van der Waals surface area contributed by atoms with Gasteiger partial charge in [0.1, 0.15) is 0 Å². The highest BCUT2D eigenvalue weighted by molar-refractivity contribution is 5.29.